The predicted molar refractivity (Wildman–Crippen MR) is 111 cm³/mol. The van der Waals surface area contributed by atoms with E-state index in [1.165, 1.54) is 12.8 Å². The Morgan fingerprint density at radius 2 is 1.69 bits per heavy atom. The number of nitrogens with one attached hydrogen (secondary N) is 1. The maximum Gasteiger partial charge on any atom is 0.215 e. The topological polar surface area (TPSA) is 153 Å². The second-order valence-electron chi connectivity index (χ2n) is 6.19. The minimum atomic E-state index is -4.92. The monoisotopic (exact) mass is 416 g/mol. The normalized spacial score (nSPS) is 10.9. The van der Waals surface area contributed by atoms with Crippen molar-refractivity contribution in [1.82, 2.24) is 4.98 Å². The summed E-state index contributed by atoms with van der Waals surface area (Å²) in [6, 6.07) is 14.8. The Morgan fingerprint density at radius 3 is 2.28 bits per heavy atom. The highest BCUT2D eigenvalue weighted by Gasteiger charge is 2.13. The molecule has 1 heterocycles. The zero-order valence-corrected chi connectivity index (χ0v) is 16.9. The van der Waals surface area contributed by atoms with Crippen molar-refractivity contribution in [2.45, 2.75) is 26.7 Å². The molecule has 0 bridgehead atoms. The molecule has 0 saturated carbocycles. The van der Waals surface area contributed by atoms with Crippen molar-refractivity contribution in [2.75, 3.05) is 5.73 Å². The van der Waals surface area contributed by atoms with Gasteiger partial charge in [0.05, 0.1) is 5.36 Å². The number of benzene rings is 3. The lowest BCUT2D eigenvalue weighted by Crippen LogP contribution is -2.04. The van der Waals surface area contributed by atoms with E-state index in [9.17, 15) is 0 Å². The molecule has 8 nitrogen and oxygen atoms in total. The van der Waals surface area contributed by atoms with Crippen molar-refractivity contribution in [3.63, 3.8) is 0 Å². The molecule has 1 aliphatic heterocycles. The van der Waals surface area contributed by atoms with Crippen LogP contribution in [0.2, 0.25) is 0 Å². The lowest BCUT2D eigenvalue weighted by molar-refractivity contribution is 0.366. The number of rotatable bonds is 1. The van der Waals surface area contributed by atoms with Gasteiger partial charge in [0, 0.05) is 28.6 Å². The summed E-state index contributed by atoms with van der Waals surface area (Å²) in [5, 5.41) is 10.3. The van der Waals surface area contributed by atoms with Crippen LogP contribution >= 0.6 is 0 Å². The van der Waals surface area contributed by atoms with Gasteiger partial charge in [-0.3, -0.25) is 4.55 Å². The molecule has 0 unspecified atom stereocenters. The molecule has 154 valence electrons. The summed E-state index contributed by atoms with van der Waals surface area (Å²) in [7, 11) is -4.92. The van der Waals surface area contributed by atoms with Gasteiger partial charge in [0.15, 0.2) is 11.3 Å². The van der Waals surface area contributed by atoms with E-state index in [1.807, 2.05) is 30.3 Å². The second-order valence-corrected chi connectivity index (χ2v) is 7.04. The van der Waals surface area contributed by atoms with Gasteiger partial charge in [0.2, 0.25) is 10.4 Å². The molecule has 0 saturated heterocycles. The summed E-state index contributed by atoms with van der Waals surface area (Å²) < 4.78 is 38.7. The standard InChI is InChI=1S/C16H11N3O.C4H10.H2O4S/c17-9-5-6-13-14(7-9)20-15-8-12(18)10-3-1-2-4-11(10)16(15)19-13;1-3-4-2;1-5(2,3)4/h1-8,18H,17H2;3-4H2,1-2H3;(H2,1,2,3,4)/p-1. The molecule has 29 heavy (non-hydrogen) atoms. The van der Waals surface area contributed by atoms with E-state index in [4.69, 9.17) is 33.1 Å². The fourth-order valence-electron chi connectivity index (χ4n) is 2.47. The van der Waals surface area contributed by atoms with Crippen molar-refractivity contribution in [2.24, 2.45) is 0 Å². The van der Waals surface area contributed by atoms with Gasteiger partial charge in [-0.2, -0.15) is 0 Å². The van der Waals surface area contributed by atoms with Gasteiger partial charge in [-0.1, -0.05) is 51.0 Å². The number of anilines is 1. The fraction of sp³-hybridized carbons (Fsp3) is 0.200. The largest absolute Gasteiger partial charge is 0.726 e. The Balaban J connectivity index is 0.000000284. The summed E-state index contributed by atoms with van der Waals surface area (Å²) in [6.45, 7) is 4.36. The Kier molecular flexibility index (Phi) is 7.27. The molecule has 2 aliphatic rings. The summed E-state index contributed by atoms with van der Waals surface area (Å²) >= 11 is 0. The van der Waals surface area contributed by atoms with E-state index >= 15 is 0 Å². The number of hydrogen-bond donors (Lipinski definition) is 3. The maximum absolute atomic E-state index is 8.63. The number of nitrogens with two attached hydrogens (primary N) is 1. The summed E-state index contributed by atoms with van der Waals surface area (Å²) in [6.07, 6.45) is 2.64. The zero-order valence-electron chi connectivity index (χ0n) is 16.0. The molecule has 9 heteroatoms. The molecule has 1 aliphatic carbocycles. The first-order chi connectivity index (χ1) is 13.6. The van der Waals surface area contributed by atoms with E-state index in [0.717, 1.165) is 22.0 Å². The number of hydrogen-bond acceptors (Lipinski definition) is 7. The molecule has 0 fully saturated rings. The lowest BCUT2D eigenvalue weighted by atomic mass is 10.0. The Labute approximate surface area is 168 Å². The number of fused-ring (bicyclic) bond motifs is 4. The van der Waals surface area contributed by atoms with Gasteiger partial charge in [0.25, 0.3) is 0 Å². The highest BCUT2D eigenvalue weighted by Crippen LogP contribution is 2.30. The third-order valence-electron chi connectivity index (χ3n) is 3.92. The average Bonchev–Trinajstić information content (AvgIpc) is 2.66. The lowest BCUT2D eigenvalue weighted by Gasteiger charge is -2.10. The van der Waals surface area contributed by atoms with Crippen molar-refractivity contribution in [3.8, 4) is 11.5 Å². The van der Waals surface area contributed by atoms with Crippen LogP contribution in [0, 0.1) is 5.41 Å². The molecule has 2 aromatic carbocycles. The summed E-state index contributed by atoms with van der Waals surface area (Å²) in [5.74, 6) is 0.604. The first-order valence-corrected chi connectivity index (χ1v) is 10.2. The van der Waals surface area contributed by atoms with Crippen LogP contribution < -0.4 is 11.1 Å². The molecule has 2 aromatic rings. The molecule has 0 aromatic heterocycles. The Bertz CT molecular complexity index is 1240. The predicted octanol–water partition coefficient (Wildman–Crippen LogP) is 3.96. The number of nitrogen functional groups attached to an aromatic ring is 1. The van der Waals surface area contributed by atoms with Crippen LogP contribution in [0.15, 0.2) is 52.9 Å². The Hall–Kier alpha value is -3.01. The molecule has 4 N–H and O–H groups in total. The number of unbranched alkanes of at least 4 members (excludes halogenated alkanes) is 1. The Morgan fingerprint density at radius 1 is 1.10 bits per heavy atom. The zero-order chi connectivity index (χ0) is 21.6. The van der Waals surface area contributed by atoms with Gasteiger partial charge in [-0.05, 0) is 12.1 Å². The third-order valence-corrected chi connectivity index (χ3v) is 3.92. The molecule has 0 amide bonds. The minimum absolute atomic E-state index is 0.432. The quantitative estimate of drug-likeness (QED) is 0.139. The molecule has 4 rings (SSSR count). The summed E-state index contributed by atoms with van der Waals surface area (Å²) in [4.78, 5) is 4.66. The van der Waals surface area contributed by atoms with Crippen LogP contribution in [0.25, 0.3) is 33.3 Å². The first-order valence-electron chi connectivity index (χ1n) is 8.88. The van der Waals surface area contributed by atoms with E-state index in [2.05, 4.69) is 18.8 Å². The van der Waals surface area contributed by atoms with E-state index in [0.29, 0.717) is 22.4 Å². The molecule has 0 atom stereocenters. The van der Waals surface area contributed by atoms with Crippen LogP contribution in [-0.4, -0.2) is 22.5 Å². The highest BCUT2D eigenvalue weighted by molar-refractivity contribution is 7.79. The molecular formula is C20H22N3O5S-. The van der Waals surface area contributed by atoms with Crippen molar-refractivity contribution >= 4 is 38.0 Å². The average molecular weight is 416 g/mol. The van der Waals surface area contributed by atoms with Gasteiger partial charge in [-0.15, -0.1) is 0 Å². The van der Waals surface area contributed by atoms with Gasteiger partial charge >= 0.3 is 0 Å². The van der Waals surface area contributed by atoms with Crippen LogP contribution in [0.4, 0.5) is 5.69 Å². The van der Waals surface area contributed by atoms with Crippen LogP contribution in [-0.2, 0) is 10.4 Å². The molecule has 0 spiro atoms. The van der Waals surface area contributed by atoms with Gasteiger partial charge < -0.3 is 20.1 Å². The van der Waals surface area contributed by atoms with E-state index < -0.39 is 10.4 Å². The van der Waals surface area contributed by atoms with Crippen molar-refractivity contribution in [1.29, 1.82) is 5.41 Å². The highest BCUT2D eigenvalue weighted by atomic mass is 32.3. The minimum Gasteiger partial charge on any atom is -0.726 e. The van der Waals surface area contributed by atoms with Crippen molar-refractivity contribution in [3.05, 3.63) is 53.9 Å². The maximum atomic E-state index is 8.63. The summed E-state index contributed by atoms with van der Waals surface area (Å²) in [5.41, 5.74) is 8.56. The van der Waals surface area contributed by atoms with Crippen LogP contribution in [0.1, 0.15) is 26.7 Å². The van der Waals surface area contributed by atoms with Gasteiger partial charge in [-0.25, -0.2) is 13.4 Å². The molecule has 0 radical (unpaired) electrons. The van der Waals surface area contributed by atoms with Crippen molar-refractivity contribution < 1.29 is 21.9 Å². The molecular weight excluding hydrogens is 394 g/mol. The van der Waals surface area contributed by atoms with E-state index in [1.54, 1.807) is 18.2 Å². The smallest absolute Gasteiger partial charge is 0.215 e. The second kappa shape index (κ2) is 9.46. The van der Waals surface area contributed by atoms with Gasteiger partial charge in [0.1, 0.15) is 11.2 Å². The SMILES string of the molecule is CCCC.N=c1cc2oc3cc(N)ccc3nc-2c2ccccc12.O=S(=O)([O-])O. The van der Waals surface area contributed by atoms with E-state index in [-0.39, 0.29) is 0 Å². The number of aromatic nitrogens is 1. The first kappa shape index (κ1) is 22.3. The third kappa shape index (κ3) is 6.24. The van der Waals surface area contributed by atoms with Crippen LogP contribution in [0.5, 0.6) is 0 Å². The fourth-order valence-corrected chi connectivity index (χ4v) is 2.47. The van der Waals surface area contributed by atoms with Crippen LogP contribution in [0.3, 0.4) is 0 Å². The number of nitrogens with zero attached hydrogens (tertiary/aromatic N) is 1.